The first-order valence-corrected chi connectivity index (χ1v) is 13.2. The molecule has 10 nitrogen and oxygen atoms in total. The molecular formula is C29H33N7O3. The van der Waals surface area contributed by atoms with Crippen LogP contribution in [0.2, 0.25) is 0 Å². The Kier molecular flexibility index (Phi) is 7.79. The van der Waals surface area contributed by atoms with Crippen molar-refractivity contribution >= 4 is 23.2 Å². The van der Waals surface area contributed by atoms with Gasteiger partial charge in [-0.3, -0.25) is 10.2 Å². The van der Waals surface area contributed by atoms with E-state index in [-0.39, 0.29) is 5.41 Å². The highest BCUT2D eigenvalue weighted by Gasteiger charge is 2.20. The van der Waals surface area contributed by atoms with Gasteiger partial charge in [0.05, 0.1) is 6.20 Å². The number of anilines is 2. The molecule has 1 aliphatic rings. The Morgan fingerprint density at radius 2 is 1.85 bits per heavy atom. The van der Waals surface area contributed by atoms with E-state index in [1.165, 1.54) is 19.3 Å². The molecule has 1 fully saturated rings. The first kappa shape index (κ1) is 26.3. The molecule has 0 atom stereocenters. The Balaban J connectivity index is 1.17. The zero-order valence-electron chi connectivity index (χ0n) is 22.5. The number of fused-ring (bicyclic) bond motifs is 1. The van der Waals surface area contributed by atoms with Crippen molar-refractivity contribution in [2.45, 2.75) is 45.4 Å². The van der Waals surface area contributed by atoms with Gasteiger partial charge in [0.1, 0.15) is 18.1 Å². The van der Waals surface area contributed by atoms with E-state index in [1.54, 1.807) is 28.9 Å². The molecule has 0 saturated carbocycles. The van der Waals surface area contributed by atoms with E-state index in [0.717, 1.165) is 25.2 Å². The number of aromatic nitrogens is 4. The molecule has 39 heavy (non-hydrogen) atoms. The number of carbonyl (C=O) groups is 1. The molecule has 0 spiro atoms. The van der Waals surface area contributed by atoms with Crippen LogP contribution in [-0.4, -0.2) is 56.9 Å². The van der Waals surface area contributed by atoms with Crippen molar-refractivity contribution in [3.8, 4) is 17.7 Å². The van der Waals surface area contributed by atoms with E-state index in [1.807, 2.05) is 45.0 Å². The van der Waals surface area contributed by atoms with Crippen molar-refractivity contribution in [3.05, 3.63) is 65.7 Å². The SMILES string of the molecule is CC(C)(C)c1cc(NC(=O)Nc2ccc(C#Cc3cnc4ccc(OCCN5CCCCC5)nn34)cc2)no1. The maximum Gasteiger partial charge on any atom is 0.324 e. The van der Waals surface area contributed by atoms with Crippen molar-refractivity contribution in [1.29, 1.82) is 0 Å². The summed E-state index contributed by atoms with van der Waals surface area (Å²) in [6, 6.07) is 12.3. The van der Waals surface area contributed by atoms with Gasteiger partial charge in [-0.25, -0.2) is 14.3 Å². The second-order valence-corrected chi connectivity index (χ2v) is 10.6. The summed E-state index contributed by atoms with van der Waals surface area (Å²) in [6.45, 7) is 9.82. The van der Waals surface area contributed by atoms with Crippen LogP contribution in [0.4, 0.5) is 16.3 Å². The molecule has 0 radical (unpaired) electrons. The van der Waals surface area contributed by atoms with Crippen molar-refractivity contribution in [2.24, 2.45) is 0 Å². The van der Waals surface area contributed by atoms with E-state index in [9.17, 15) is 4.79 Å². The van der Waals surface area contributed by atoms with Crippen LogP contribution in [0.25, 0.3) is 5.65 Å². The fourth-order valence-corrected chi connectivity index (χ4v) is 4.22. The molecule has 0 unspecified atom stereocenters. The molecule has 3 aromatic heterocycles. The van der Waals surface area contributed by atoms with Gasteiger partial charge in [-0.1, -0.05) is 38.3 Å². The first-order valence-electron chi connectivity index (χ1n) is 13.2. The number of urea groups is 1. The Bertz CT molecular complexity index is 1480. The molecule has 1 aliphatic heterocycles. The number of ether oxygens (including phenoxy) is 1. The van der Waals surface area contributed by atoms with Gasteiger partial charge in [-0.15, -0.1) is 5.10 Å². The van der Waals surface area contributed by atoms with Crippen molar-refractivity contribution in [1.82, 2.24) is 24.7 Å². The van der Waals surface area contributed by atoms with Crippen molar-refractivity contribution in [2.75, 3.05) is 36.9 Å². The van der Waals surface area contributed by atoms with Crippen LogP contribution in [-0.2, 0) is 5.41 Å². The Labute approximate surface area is 227 Å². The minimum absolute atomic E-state index is 0.192. The molecule has 1 aromatic carbocycles. The monoisotopic (exact) mass is 527 g/mol. The van der Waals surface area contributed by atoms with Crippen molar-refractivity contribution in [3.63, 3.8) is 0 Å². The Morgan fingerprint density at radius 3 is 2.59 bits per heavy atom. The van der Waals surface area contributed by atoms with E-state index >= 15 is 0 Å². The van der Waals surface area contributed by atoms with Gasteiger partial charge in [0, 0.05) is 35.3 Å². The molecule has 202 valence electrons. The van der Waals surface area contributed by atoms with Gasteiger partial charge < -0.3 is 14.6 Å². The number of imidazole rings is 1. The summed E-state index contributed by atoms with van der Waals surface area (Å²) in [6.07, 6.45) is 5.54. The number of hydrogen-bond donors (Lipinski definition) is 2. The summed E-state index contributed by atoms with van der Waals surface area (Å²) in [5.74, 6) is 7.87. The molecule has 10 heteroatoms. The zero-order chi connectivity index (χ0) is 27.2. The van der Waals surface area contributed by atoms with E-state index in [0.29, 0.717) is 41.1 Å². The van der Waals surface area contributed by atoms with Gasteiger partial charge in [0.2, 0.25) is 5.88 Å². The normalized spacial score (nSPS) is 14.0. The number of benzene rings is 1. The van der Waals surface area contributed by atoms with E-state index in [4.69, 9.17) is 9.26 Å². The van der Waals surface area contributed by atoms with Gasteiger partial charge in [0.15, 0.2) is 11.5 Å². The number of rotatable bonds is 6. The predicted octanol–water partition coefficient (Wildman–Crippen LogP) is 4.92. The number of nitrogens with zero attached hydrogens (tertiary/aromatic N) is 5. The fourth-order valence-electron chi connectivity index (χ4n) is 4.22. The highest BCUT2D eigenvalue weighted by Crippen LogP contribution is 2.24. The molecule has 0 aliphatic carbocycles. The van der Waals surface area contributed by atoms with E-state index < -0.39 is 6.03 Å². The van der Waals surface area contributed by atoms with Crippen LogP contribution < -0.4 is 15.4 Å². The van der Waals surface area contributed by atoms with Gasteiger partial charge >= 0.3 is 6.03 Å². The first-order chi connectivity index (χ1) is 18.8. The minimum Gasteiger partial charge on any atom is -0.475 e. The largest absolute Gasteiger partial charge is 0.475 e. The lowest BCUT2D eigenvalue weighted by Crippen LogP contribution is -2.33. The Morgan fingerprint density at radius 1 is 1.05 bits per heavy atom. The zero-order valence-corrected chi connectivity index (χ0v) is 22.5. The van der Waals surface area contributed by atoms with Gasteiger partial charge in [-0.05, 0) is 62.2 Å². The average molecular weight is 528 g/mol. The molecule has 2 amide bonds. The summed E-state index contributed by atoms with van der Waals surface area (Å²) in [5.41, 5.74) is 2.59. The summed E-state index contributed by atoms with van der Waals surface area (Å²) in [7, 11) is 0. The van der Waals surface area contributed by atoms with Crippen LogP contribution in [0.1, 0.15) is 57.1 Å². The summed E-state index contributed by atoms with van der Waals surface area (Å²) in [5, 5.41) is 13.9. The van der Waals surface area contributed by atoms with Gasteiger partial charge in [-0.2, -0.15) is 0 Å². The van der Waals surface area contributed by atoms with Crippen LogP contribution in [0.5, 0.6) is 5.88 Å². The second kappa shape index (κ2) is 11.6. The summed E-state index contributed by atoms with van der Waals surface area (Å²) in [4.78, 5) is 19.2. The van der Waals surface area contributed by atoms with Crippen LogP contribution in [0.3, 0.4) is 0 Å². The lowest BCUT2D eigenvalue weighted by molar-refractivity contribution is 0.179. The summed E-state index contributed by atoms with van der Waals surface area (Å²) >= 11 is 0. The second-order valence-electron chi connectivity index (χ2n) is 10.6. The quantitative estimate of drug-likeness (QED) is 0.342. The molecule has 4 heterocycles. The third-order valence-corrected chi connectivity index (χ3v) is 6.41. The predicted molar refractivity (Wildman–Crippen MR) is 149 cm³/mol. The lowest BCUT2D eigenvalue weighted by Gasteiger charge is -2.25. The molecule has 1 saturated heterocycles. The van der Waals surface area contributed by atoms with Gasteiger partial charge in [0.25, 0.3) is 0 Å². The third kappa shape index (κ3) is 6.94. The molecular weight excluding hydrogens is 494 g/mol. The maximum absolute atomic E-state index is 12.3. The molecule has 2 N–H and O–H groups in total. The highest BCUT2D eigenvalue weighted by atomic mass is 16.5. The minimum atomic E-state index is -0.409. The number of nitrogens with one attached hydrogen (secondary N) is 2. The highest BCUT2D eigenvalue weighted by molar-refractivity contribution is 5.99. The molecule has 5 rings (SSSR count). The topological polar surface area (TPSA) is 110 Å². The molecule has 4 aromatic rings. The number of likely N-dealkylation sites (tertiary alicyclic amines) is 1. The average Bonchev–Trinajstić information content (AvgIpc) is 3.56. The fraction of sp³-hybridized carbons (Fsp3) is 0.379. The third-order valence-electron chi connectivity index (χ3n) is 6.41. The van der Waals surface area contributed by atoms with Crippen molar-refractivity contribution < 1.29 is 14.1 Å². The standard InChI is InChI=1S/C29H33N7O3/c1-29(2,3)24-19-25(34-39-24)32-28(37)31-22-10-7-21(8-11-22)9-12-23-20-30-26-13-14-27(33-36(23)26)38-18-17-35-15-5-4-6-16-35/h7-8,10-11,13-14,19-20H,4-6,15-18H2,1-3H3,(H2,31,32,34,37). The van der Waals surface area contributed by atoms with E-state index in [2.05, 4.69) is 42.6 Å². The van der Waals surface area contributed by atoms with Crippen LogP contribution >= 0.6 is 0 Å². The Hall–Kier alpha value is -4.36. The van der Waals surface area contributed by atoms with Crippen LogP contribution in [0, 0.1) is 11.8 Å². The number of amides is 2. The number of carbonyl (C=O) groups excluding carboxylic acids is 1. The lowest BCUT2D eigenvalue weighted by atomic mass is 9.93. The van der Waals surface area contributed by atoms with Crippen LogP contribution in [0.15, 0.2) is 53.2 Å². The summed E-state index contributed by atoms with van der Waals surface area (Å²) < 4.78 is 12.9. The number of hydrogen-bond acceptors (Lipinski definition) is 7. The molecule has 0 bridgehead atoms. The smallest absolute Gasteiger partial charge is 0.324 e. The number of piperidine rings is 1. The maximum atomic E-state index is 12.3.